The monoisotopic (exact) mass is 365 g/mol. The van der Waals surface area contributed by atoms with Gasteiger partial charge >= 0.3 is 0 Å². The van der Waals surface area contributed by atoms with Crippen molar-refractivity contribution in [1.82, 2.24) is 14.5 Å². The molecule has 5 nitrogen and oxygen atoms in total. The standard InChI is InChI=1S/C18H24FN3O2S/c1-13-18(25(23,24)21-16-7-5-3-4-6-8-16)14(2)22(20-13)17-11-9-15(19)10-12-17/h9-12,16,21H,3-8H2,1-2H3. The van der Waals surface area contributed by atoms with Crippen molar-refractivity contribution in [3.63, 3.8) is 0 Å². The van der Waals surface area contributed by atoms with Crippen LogP contribution in [0, 0.1) is 19.7 Å². The second kappa shape index (κ2) is 7.25. The first-order valence-corrected chi connectivity index (χ1v) is 10.2. The van der Waals surface area contributed by atoms with E-state index in [1.165, 1.54) is 25.0 Å². The maximum atomic E-state index is 13.1. The third kappa shape index (κ3) is 3.93. The molecule has 1 saturated carbocycles. The van der Waals surface area contributed by atoms with E-state index in [2.05, 4.69) is 9.82 Å². The van der Waals surface area contributed by atoms with Gasteiger partial charge in [0.15, 0.2) is 0 Å². The number of nitrogens with one attached hydrogen (secondary N) is 1. The molecule has 7 heteroatoms. The molecule has 2 aromatic rings. The maximum Gasteiger partial charge on any atom is 0.244 e. The predicted octanol–water partition coefficient (Wildman–Crippen LogP) is 3.63. The smallest absolute Gasteiger partial charge is 0.236 e. The van der Waals surface area contributed by atoms with Crippen LogP contribution in [0.5, 0.6) is 0 Å². The summed E-state index contributed by atoms with van der Waals surface area (Å²) in [5.74, 6) is -0.340. The Hall–Kier alpha value is -1.73. The molecule has 1 fully saturated rings. The zero-order valence-electron chi connectivity index (χ0n) is 14.6. The Morgan fingerprint density at radius 3 is 2.28 bits per heavy atom. The molecular weight excluding hydrogens is 341 g/mol. The van der Waals surface area contributed by atoms with Crippen molar-refractivity contribution in [1.29, 1.82) is 0 Å². The topological polar surface area (TPSA) is 64.0 Å². The fraction of sp³-hybridized carbons (Fsp3) is 0.500. The second-order valence-corrected chi connectivity index (χ2v) is 8.35. The van der Waals surface area contributed by atoms with Crippen LogP contribution in [0.2, 0.25) is 0 Å². The Labute approximate surface area is 148 Å². The lowest BCUT2D eigenvalue weighted by Crippen LogP contribution is -2.35. The number of nitrogens with zero attached hydrogens (tertiary/aromatic N) is 2. The van der Waals surface area contributed by atoms with Gasteiger partial charge in [0.25, 0.3) is 0 Å². The fourth-order valence-electron chi connectivity index (χ4n) is 3.53. The first kappa shape index (κ1) is 18.1. The minimum atomic E-state index is -3.64. The van der Waals surface area contributed by atoms with Crippen molar-refractivity contribution >= 4 is 10.0 Å². The van der Waals surface area contributed by atoms with E-state index in [0.717, 1.165) is 25.7 Å². The number of hydrogen-bond acceptors (Lipinski definition) is 3. The lowest BCUT2D eigenvalue weighted by Gasteiger charge is -2.16. The Balaban J connectivity index is 1.92. The van der Waals surface area contributed by atoms with Crippen LogP contribution in [0.15, 0.2) is 29.2 Å². The van der Waals surface area contributed by atoms with Gasteiger partial charge in [-0.15, -0.1) is 0 Å². The van der Waals surface area contributed by atoms with Crippen LogP contribution in [0.4, 0.5) is 4.39 Å². The van der Waals surface area contributed by atoms with Crippen molar-refractivity contribution in [2.24, 2.45) is 0 Å². The lowest BCUT2D eigenvalue weighted by atomic mass is 10.1. The summed E-state index contributed by atoms with van der Waals surface area (Å²) in [5.41, 5.74) is 1.62. The van der Waals surface area contributed by atoms with Gasteiger partial charge in [-0.2, -0.15) is 5.10 Å². The number of halogens is 1. The molecule has 0 unspecified atom stereocenters. The molecule has 1 aromatic carbocycles. The van der Waals surface area contributed by atoms with E-state index in [1.54, 1.807) is 30.7 Å². The third-order valence-corrected chi connectivity index (χ3v) is 6.51. The average molecular weight is 365 g/mol. The molecule has 0 saturated heterocycles. The summed E-state index contributed by atoms with van der Waals surface area (Å²) >= 11 is 0. The van der Waals surface area contributed by atoms with E-state index in [4.69, 9.17) is 0 Å². The normalized spacial score (nSPS) is 16.8. The number of aryl methyl sites for hydroxylation is 1. The van der Waals surface area contributed by atoms with Gasteiger partial charge in [-0.3, -0.25) is 0 Å². The summed E-state index contributed by atoms with van der Waals surface area (Å²) < 4.78 is 43.4. The van der Waals surface area contributed by atoms with E-state index in [0.29, 0.717) is 17.1 Å². The summed E-state index contributed by atoms with van der Waals surface area (Å²) in [5, 5.41) is 4.36. The van der Waals surface area contributed by atoms with Gasteiger partial charge in [-0.1, -0.05) is 25.7 Å². The number of hydrogen-bond donors (Lipinski definition) is 1. The summed E-state index contributed by atoms with van der Waals surface area (Å²) in [6.45, 7) is 3.42. The summed E-state index contributed by atoms with van der Waals surface area (Å²) in [4.78, 5) is 0.223. The van der Waals surface area contributed by atoms with Gasteiger partial charge in [0.1, 0.15) is 10.7 Å². The Kier molecular flexibility index (Phi) is 5.24. The predicted molar refractivity (Wildman–Crippen MR) is 94.8 cm³/mol. The largest absolute Gasteiger partial charge is 0.244 e. The van der Waals surface area contributed by atoms with Gasteiger partial charge in [-0.05, 0) is 51.0 Å². The van der Waals surface area contributed by atoms with Crippen molar-refractivity contribution in [2.75, 3.05) is 0 Å². The molecule has 1 N–H and O–H groups in total. The van der Waals surface area contributed by atoms with Crippen molar-refractivity contribution in [3.05, 3.63) is 41.5 Å². The van der Waals surface area contributed by atoms with Gasteiger partial charge in [0.05, 0.1) is 17.1 Å². The molecule has 3 rings (SSSR count). The Bertz CT molecular complexity index is 836. The van der Waals surface area contributed by atoms with Crippen molar-refractivity contribution < 1.29 is 12.8 Å². The van der Waals surface area contributed by atoms with Crippen LogP contribution < -0.4 is 4.72 Å². The molecule has 136 valence electrons. The van der Waals surface area contributed by atoms with Crippen LogP contribution in [0.1, 0.15) is 49.9 Å². The molecule has 25 heavy (non-hydrogen) atoms. The second-order valence-electron chi connectivity index (χ2n) is 6.70. The molecule has 0 aliphatic heterocycles. The van der Waals surface area contributed by atoms with E-state index in [-0.39, 0.29) is 16.8 Å². The summed E-state index contributed by atoms with van der Waals surface area (Å²) in [6.07, 6.45) is 6.20. The van der Waals surface area contributed by atoms with Gasteiger partial charge in [-0.25, -0.2) is 22.2 Å². The van der Waals surface area contributed by atoms with Crippen LogP contribution in [0.3, 0.4) is 0 Å². The molecule has 1 heterocycles. The highest BCUT2D eigenvalue weighted by molar-refractivity contribution is 7.89. The van der Waals surface area contributed by atoms with E-state index in [1.807, 2.05) is 0 Å². The number of benzene rings is 1. The fourth-order valence-corrected chi connectivity index (χ4v) is 5.22. The minimum absolute atomic E-state index is 0.0135. The molecule has 0 radical (unpaired) electrons. The number of aromatic nitrogens is 2. The zero-order chi connectivity index (χ0) is 18.0. The molecule has 1 aliphatic rings. The number of rotatable bonds is 4. The minimum Gasteiger partial charge on any atom is -0.236 e. The molecule has 0 amide bonds. The molecule has 0 spiro atoms. The van der Waals surface area contributed by atoms with Crippen LogP contribution in [-0.4, -0.2) is 24.2 Å². The van der Waals surface area contributed by atoms with Crippen LogP contribution >= 0.6 is 0 Å². The van der Waals surface area contributed by atoms with E-state index >= 15 is 0 Å². The molecule has 0 bridgehead atoms. The van der Waals surface area contributed by atoms with Crippen molar-refractivity contribution in [3.8, 4) is 5.69 Å². The third-order valence-electron chi connectivity index (χ3n) is 4.74. The van der Waals surface area contributed by atoms with Gasteiger partial charge < -0.3 is 0 Å². The van der Waals surface area contributed by atoms with E-state index in [9.17, 15) is 12.8 Å². The number of sulfonamides is 1. The van der Waals surface area contributed by atoms with Crippen molar-refractivity contribution in [2.45, 2.75) is 63.3 Å². The first-order valence-electron chi connectivity index (χ1n) is 8.73. The van der Waals surface area contributed by atoms with Crippen LogP contribution in [0.25, 0.3) is 5.69 Å². The highest BCUT2D eigenvalue weighted by Gasteiger charge is 2.28. The Morgan fingerprint density at radius 2 is 1.68 bits per heavy atom. The summed E-state index contributed by atoms with van der Waals surface area (Å²) in [6, 6.07) is 5.84. The lowest BCUT2D eigenvalue weighted by molar-refractivity contribution is 0.509. The average Bonchev–Trinajstić information content (AvgIpc) is 2.73. The molecule has 0 atom stereocenters. The highest BCUT2D eigenvalue weighted by atomic mass is 32.2. The summed E-state index contributed by atoms with van der Waals surface area (Å²) in [7, 11) is -3.64. The SMILES string of the molecule is Cc1nn(-c2ccc(F)cc2)c(C)c1S(=O)(=O)NC1CCCCCC1. The molecule has 1 aliphatic carbocycles. The van der Waals surface area contributed by atoms with Crippen LogP contribution in [-0.2, 0) is 10.0 Å². The van der Waals surface area contributed by atoms with E-state index < -0.39 is 10.0 Å². The molecular formula is C18H24FN3O2S. The maximum absolute atomic E-state index is 13.1. The quantitative estimate of drug-likeness (QED) is 0.842. The van der Waals surface area contributed by atoms with Gasteiger partial charge in [0.2, 0.25) is 10.0 Å². The zero-order valence-corrected chi connectivity index (χ0v) is 15.4. The molecule has 1 aromatic heterocycles. The van der Waals surface area contributed by atoms with Gasteiger partial charge in [0, 0.05) is 6.04 Å². The Morgan fingerprint density at radius 1 is 1.08 bits per heavy atom. The first-order chi connectivity index (χ1) is 11.9. The highest BCUT2D eigenvalue weighted by Crippen LogP contribution is 2.25.